The molecule has 1 unspecified atom stereocenters. The number of carboxylic acid groups (broad SMARTS) is 1. The molecule has 1 aromatic rings. The zero-order valence-electron chi connectivity index (χ0n) is 11.2. The lowest BCUT2D eigenvalue weighted by Crippen LogP contribution is -2.29. The van der Waals surface area contributed by atoms with Crippen LogP contribution in [0.1, 0.15) is 32.5 Å². The predicted octanol–water partition coefficient (Wildman–Crippen LogP) is 0.626. The number of aryl methyl sites for hydroxylation is 1. The van der Waals surface area contributed by atoms with Gasteiger partial charge >= 0.3 is 5.97 Å². The van der Waals surface area contributed by atoms with E-state index in [2.05, 4.69) is 22.4 Å². The van der Waals surface area contributed by atoms with Crippen molar-refractivity contribution in [3.8, 4) is 0 Å². The quantitative estimate of drug-likeness (QED) is 0.733. The number of aromatic nitrogens is 4. The van der Waals surface area contributed by atoms with Crippen molar-refractivity contribution in [3.63, 3.8) is 0 Å². The largest absolute Gasteiger partial charge is 0.481 e. The molecule has 0 aliphatic carbocycles. The van der Waals surface area contributed by atoms with Crippen molar-refractivity contribution in [3.05, 3.63) is 5.82 Å². The molecule has 0 fully saturated rings. The number of rotatable bonds is 8. The van der Waals surface area contributed by atoms with Gasteiger partial charge in [-0.05, 0) is 23.9 Å². The van der Waals surface area contributed by atoms with Gasteiger partial charge in [-0.25, -0.2) is 4.68 Å². The molecule has 0 aromatic carbocycles. The van der Waals surface area contributed by atoms with Crippen LogP contribution < -0.4 is 0 Å². The molecule has 1 N–H and O–H groups in total. The third-order valence-electron chi connectivity index (χ3n) is 2.75. The standard InChI is InChI=1S/C11H21N5O2/c1-4-5-6-16-10(12-13-14-16)8-15(3)7-9(2)11(17)18/h9H,4-8H2,1-3H3,(H,17,18). The molecule has 7 nitrogen and oxygen atoms in total. The maximum Gasteiger partial charge on any atom is 0.307 e. The van der Waals surface area contributed by atoms with Gasteiger partial charge in [-0.15, -0.1) is 5.10 Å². The van der Waals surface area contributed by atoms with Crippen molar-refractivity contribution in [2.45, 2.75) is 39.8 Å². The summed E-state index contributed by atoms with van der Waals surface area (Å²) < 4.78 is 1.78. The average Bonchev–Trinajstić information content (AvgIpc) is 2.73. The summed E-state index contributed by atoms with van der Waals surface area (Å²) in [5.41, 5.74) is 0. The van der Waals surface area contributed by atoms with E-state index in [1.54, 1.807) is 11.6 Å². The number of aliphatic carboxylic acids is 1. The van der Waals surface area contributed by atoms with Crippen molar-refractivity contribution in [1.82, 2.24) is 25.1 Å². The zero-order valence-corrected chi connectivity index (χ0v) is 11.2. The van der Waals surface area contributed by atoms with Crippen LogP contribution in [-0.2, 0) is 17.9 Å². The van der Waals surface area contributed by atoms with Gasteiger partial charge < -0.3 is 5.11 Å². The van der Waals surface area contributed by atoms with Crippen molar-refractivity contribution < 1.29 is 9.90 Å². The summed E-state index contributed by atoms with van der Waals surface area (Å²) in [6.45, 7) is 5.66. The van der Waals surface area contributed by atoms with Crippen LogP contribution in [-0.4, -0.2) is 49.8 Å². The van der Waals surface area contributed by atoms with Crippen molar-refractivity contribution in [2.24, 2.45) is 5.92 Å². The maximum atomic E-state index is 10.8. The molecule has 0 saturated heterocycles. The highest BCUT2D eigenvalue weighted by molar-refractivity contribution is 5.69. The Morgan fingerprint density at radius 3 is 2.89 bits per heavy atom. The van der Waals surface area contributed by atoms with Gasteiger partial charge in [0.05, 0.1) is 12.5 Å². The summed E-state index contributed by atoms with van der Waals surface area (Å²) >= 11 is 0. The van der Waals surface area contributed by atoms with Crippen LogP contribution in [0.3, 0.4) is 0 Å². The van der Waals surface area contributed by atoms with E-state index < -0.39 is 11.9 Å². The maximum absolute atomic E-state index is 10.8. The second kappa shape index (κ2) is 7.05. The summed E-state index contributed by atoms with van der Waals surface area (Å²) in [6.07, 6.45) is 2.12. The Labute approximate surface area is 107 Å². The molecular weight excluding hydrogens is 234 g/mol. The van der Waals surface area contributed by atoms with E-state index in [1.807, 2.05) is 11.9 Å². The summed E-state index contributed by atoms with van der Waals surface area (Å²) in [5, 5.41) is 20.4. The summed E-state index contributed by atoms with van der Waals surface area (Å²) in [4.78, 5) is 12.7. The van der Waals surface area contributed by atoms with Crippen molar-refractivity contribution >= 4 is 5.97 Å². The fraction of sp³-hybridized carbons (Fsp3) is 0.818. The zero-order chi connectivity index (χ0) is 13.5. The Hall–Kier alpha value is -1.50. The SMILES string of the molecule is CCCCn1nnnc1CN(C)CC(C)C(=O)O. The van der Waals surface area contributed by atoms with Gasteiger partial charge in [-0.1, -0.05) is 20.3 Å². The van der Waals surface area contributed by atoms with E-state index in [-0.39, 0.29) is 0 Å². The lowest BCUT2D eigenvalue weighted by atomic mass is 10.2. The third kappa shape index (κ3) is 4.40. The van der Waals surface area contributed by atoms with Gasteiger partial charge in [0, 0.05) is 13.1 Å². The third-order valence-corrected chi connectivity index (χ3v) is 2.75. The lowest BCUT2D eigenvalue weighted by molar-refractivity contribution is -0.141. The van der Waals surface area contributed by atoms with Crippen molar-refractivity contribution in [1.29, 1.82) is 0 Å². The number of hydrogen-bond donors (Lipinski definition) is 1. The molecular formula is C11H21N5O2. The topological polar surface area (TPSA) is 84.1 Å². The molecule has 1 atom stereocenters. The number of tetrazole rings is 1. The Morgan fingerprint density at radius 1 is 1.56 bits per heavy atom. The summed E-state index contributed by atoms with van der Waals surface area (Å²) in [6, 6.07) is 0. The van der Waals surface area contributed by atoms with Gasteiger partial charge in [0.15, 0.2) is 5.82 Å². The van der Waals surface area contributed by atoms with E-state index in [1.165, 1.54) is 0 Å². The number of unbranched alkanes of at least 4 members (excludes halogenated alkanes) is 1. The van der Waals surface area contributed by atoms with Crippen LogP contribution >= 0.6 is 0 Å². The second-order valence-corrected chi connectivity index (χ2v) is 4.61. The Kier molecular flexibility index (Phi) is 5.70. The molecule has 1 aromatic heterocycles. The predicted molar refractivity (Wildman–Crippen MR) is 65.9 cm³/mol. The molecule has 7 heteroatoms. The van der Waals surface area contributed by atoms with E-state index in [9.17, 15) is 4.79 Å². The molecule has 0 spiro atoms. The first-order valence-corrected chi connectivity index (χ1v) is 6.21. The minimum Gasteiger partial charge on any atom is -0.481 e. The average molecular weight is 255 g/mol. The monoisotopic (exact) mass is 255 g/mol. The van der Waals surface area contributed by atoms with E-state index in [0.29, 0.717) is 13.1 Å². The van der Waals surface area contributed by atoms with E-state index in [0.717, 1.165) is 25.2 Å². The molecule has 0 bridgehead atoms. The van der Waals surface area contributed by atoms with Crippen LogP contribution in [0.25, 0.3) is 0 Å². The van der Waals surface area contributed by atoms with Crippen LogP contribution in [0.2, 0.25) is 0 Å². The minimum atomic E-state index is -0.785. The molecule has 1 rings (SSSR count). The molecule has 102 valence electrons. The molecule has 18 heavy (non-hydrogen) atoms. The van der Waals surface area contributed by atoms with Crippen LogP contribution in [0.5, 0.6) is 0 Å². The molecule has 0 amide bonds. The van der Waals surface area contributed by atoms with Crippen molar-refractivity contribution in [2.75, 3.05) is 13.6 Å². The summed E-state index contributed by atoms with van der Waals surface area (Å²) in [5.74, 6) is -0.397. The van der Waals surface area contributed by atoms with Gasteiger partial charge in [-0.3, -0.25) is 9.69 Å². The molecule has 0 aliphatic heterocycles. The van der Waals surface area contributed by atoms with Crippen LogP contribution in [0.4, 0.5) is 0 Å². The van der Waals surface area contributed by atoms with Crippen LogP contribution in [0, 0.1) is 5.92 Å². The lowest BCUT2D eigenvalue weighted by Gasteiger charge is -2.18. The number of carbonyl (C=O) groups is 1. The Morgan fingerprint density at radius 2 is 2.28 bits per heavy atom. The van der Waals surface area contributed by atoms with Gasteiger partial charge in [0.2, 0.25) is 0 Å². The van der Waals surface area contributed by atoms with E-state index >= 15 is 0 Å². The number of carboxylic acids is 1. The Balaban J connectivity index is 2.51. The number of hydrogen-bond acceptors (Lipinski definition) is 5. The normalized spacial score (nSPS) is 12.9. The smallest absolute Gasteiger partial charge is 0.307 e. The number of nitrogens with zero attached hydrogens (tertiary/aromatic N) is 5. The first-order valence-electron chi connectivity index (χ1n) is 6.21. The van der Waals surface area contributed by atoms with Gasteiger partial charge in [0.25, 0.3) is 0 Å². The first-order chi connectivity index (χ1) is 8.54. The van der Waals surface area contributed by atoms with Crippen LogP contribution in [0.15, 0.2) is 0 Å². The molecule has 0 radical (unpaired) electrons. The molecule has 0 aliphatic rings. The highest BCUT2D eigenvalue weighted by atomic mass is 16.4. The highest BCUT2D eigenvalue weighted by Gasteiger charge is 2.15. The van der Waals surface area contributed by atoms with E-state index in [4.69, 9.17) is 5.11 Å². The minimum absolute atomic E-state index is 0.394. The molecule has 0 saturated carbocycles. The fourth-order valence-corrected chi connectivity index (χ4v) is 1.67. The molecule has 1 heterocycles. The second-order valence-electron chi connectivity index (χ2n) is 4.61. The summed E-state index contributed by atoms with van der Waals surface area (Å²) in [7, 11) is 1.87. The Bertz CT molecular complexity index is 379. The van der Waals surface area contributed by atoms with Gasteiger partial charge in [-0.2, -0.15) is 0 Å². The highest BCUT2D eigenvalue weighted by Crippen LogP contribution is 2.04. The first kappa shape index (κ1) is 14.6. The van der Waals surface area contributed by atoms with Gasteiger partial charge in [0.1, 0.15) is 0 Å². The fourth-order valence-electron chi connectivity index (χ4n) is 1.67.